The van der Waals surface area contributed by atoms with Crippen molar-refractivity contribution in [2.75, 3.05) is 13.4 Å². The van der Waals surface area contributed by atoms with E-state index in [2.05, 4.69) is 0 Å². The molecule has 1 N–H and O–H groups in total. The van der Waals surface area contributed by atoms with Gasteiger partial charge in [-0.1, -0.05) is 69.3 Å². The lowest BCUT2D eigenvalue weighted by Crippen LogP contribution is -2.38. The molecule has 0 radical (unpaired) electrons. The maximum absolute atomic E-state index is 13.3. The fourth-order valence-corrected chi connectivity index (χ4v) is 5.36. The molecule has 5 rings (SSSR count). The second kappa shape index (κ2) is 9.44. The first-order valence-corrected chi connectivity index (χ1v) is 12.7. The van der Waals surface area contributed by atoms with Crippen LogP contribution < -0.4 is 4.74 Å². The zero-order chi connectivity index (χ0) is 27.2. The largest absolute Gasteiger partial charge is 0.507 e. The Kier molecular flexibility index (Phi) is 6.40. The summed E-state index contributed by atoms with van der Waals surface area (Å²) in [5.41, 5.74) is 1.05. The van der Waals surface area contributed by atoms with Crippen molar-refractivity contribution in [1.82, 2.24) is 0 Å². The number of hydrogen-bond donors (Lipinski definition) is 1. The molecule has 0 bridgehead atoms. The van der Waals surface area contributed by atoms with Crippen molar-refractivity contribution in [3.63, 3.8) is 0 Å². The highest BCUT2D eigenvalue weighted by molar-refractivity contribution is 6.15. The smallest absolute Gasteiger partial charge is 0.338 e. The molecule has 0 saturated carbocycles. The standard InChI is InChI=1S/C32H32O6/c1-31(2,3)30(35)32(4,5)17-37-29(34)24-15-25(33)26(23-13-9-8-12-22(23)24)27-21-11-7-6-10-19(21)14-20-16-36-18-38-28(20)27/h6-15,33H,16-18H2,1-5H3. The molecule has 0 spiro atoms. The van der Waals surface area contributed by atoms with Crippen LogP contribution in [0.5, 0.6) is 11.5 Å². The lowest BCUT2D eigenvalue weighted by Gasteiger charge is -2.30. The number of ether oxygens (including phenoxy) is 3. The molecule has 6 nitrogen and oxygen atoms in total. The molecule has 0 saturated heterocycles. The Morgan fingerprint density at radius 3 is 2.26 bits per heavy atom. The van der Waals surface area contributed by atoms with Gasteiger partial charge in [0.15, 0.2) is 6.79 Å². The lowest BCUT2D eigenvalue weighted by atomic mass is 9.75. The van der Waals surface area contributed by atoms with Crippen molar-refractivity contribution in [3.05, 3.63) is 71.8 Å². The van der Waals surface area contributed by atoms with Crippen LogP contribution in [0.4, 0.5) is 0 Å². The van der Waals surface area contributed by atoms with Crippen LogP contribution in [-0.2, 0) is 20.9 Å². The summed E-state index contributed by atoms with van der Waals surface area (Å²) in [6, 6.07) is 18.8. The molecule has 196 valence electrons. The number of fused-ring (bicyclic) bond motifs is 3. The number of rotatable bonds is 5. The fraction of sp³-hybridized carbons (Fsp3) is 0.312. The van der Waals surface area contributed by atoms with Crippen molar-refractivity contribution < 1.29 is 28.9 Å². The van der Waals surface area contributed by atoms with E-state index >= 15 is 0 Å². The van der Waals surface area contributed by atoms with Crippen molar-refractivity contribution in [1.29, 1.82) is 0 Å². The van der Waals surface area contributed by atoms with E-state index in [4.69, 9.17) is 14.2 Å². The molecule has 0 aromatic heterocycles. The van der Waals surface area contributed by atoms with Crippen LogP contribution in [0.2, 0.25) is 0 Å². The van der Waals surface area contributed by atoms with Gasteiger partial charge in [-0.3, -0.25) is 4.79 Å². The van der Waals surface area contributed by atoms with E-state index < -0.39 is 16.8 Å². The summed E-state index contributed by atoms with van der Waals surface area (Å²) >= 11 is 0. The minimum atomic E-state index is -0.854. The number of phenols is 1. The average molecular weight is 513 g/mol. The molecular formula is C32H32O6. The van der Waals surface area contributed by atoms with Gasteiger partial charge in [0, 0.05) is 22.1 Å². The molecule has 0 aliphatic carbocycles. The molecule has 1 heterocycles. The van der Waals surface area contributed by atoms with Gasteiger partial charge in [-0.2, -0.15) is 0 Å². The van der Waals surface area contributed by atoms with Crippen LogP contribution in [0.1, 0.15) is 50.5 Å². The van der Waals surface area contributed by atoms with E-state index in [9.17, 15) is 14.7 Å². The summed E-state index contributed by atoms with van der Waals surface area (Å²) in [6.07, 6.45) is 0. The Morgan fingerprint density at radius 1 is 0.895 bits per heavy atom. The number of hydrogen-bond acceptors (Lipinski definition) is 6. The van der Waals surface area contributed by atoms with Gasteiger partial charge in [-0.05, 0) is 47.5 Å². The third kappa shape index (κ3) is 4.50. The van der Waals surface area contributed by atoms with Crippen LogP contribution in [-0.4, -0.2) is 30.3 Å². The van der Waals surface area contributed by atoms with Gasteiger partial charge in [0.1, 0.15) is 23.9 Å². The predicted molar refractivity (Wildman–Crippen MR) is 147 cm³/mol. The third-order valence-electron chi connectivity index (χ3n) is 6.98. The normalized spacial score (nSPS) is 13.7. The molecule has 4 aromatic carbocycles. The zero-order valence-electron chi connectivity index (χ0n) is 22.4. The second-order valence-corrected chi connectivity index (χ2v) is 11.5. The Hall–Kier alpha value is -3.90. The number of carbonyl (C=O) groups excluding carboxylic acids is 2. The number of aromatic hydroxyl groups is 1. The van der Waals surface area contributed by atoms with E-state index in [1.165, 1.54) is 6.07 Å². The van der Waals surface area contributed by atoms with E-state index in [1.807, 2.05) is 75.4 Å². The number of phenolic OH excluding ortho intramolecular Hbond substituents is 1. The Bertz CT molecular complexity index is 1570. The van der Waals surface area contributed by atoms with E-state index in [0.29, 0.717) is 28.7 Å². The van der Waals surface area contributed by atoms with E-state index in [1.54, 1.807) is 13.8 Å². The Morgan fingerprint density at radius 2 is 1.55 bits per heavy atom. The number of Topliss-reactive ketones (excluding diaryl/α,β-unsaturated/α-hetero) is 1. The number of carbonyl (C=O) groups is 2. The van der Waals surface area contributed by atoms with E-state index in [0.717, 1.165) is 21.9 Å². The summed E-state index contributed by atoms with van der Waals surface area (Å²) in [5.74, 6) is 0.00971. The van der Waals surface area contributed by atoms with Crippen LogP contribution in [0.15, 0.2) is 60.7 Å². The van der Waals surface area contributed by atoms with Crippen molar-refractivity contribution in [2.45, 2.75) is 41.2 Å². The molecule has 0 fully saturated rings. The maximum atomic E-state index is 13.3. The van der Waals surface area contributed by atoms with Gasteiger partial charge in [0.2, 0.25) is 0 Å². The molecule has 1 aliphatic rings. The first-order valence-electron chi connectivity index (χ1n) is 12.7. The van der Waals surface area contributed by atoms with Crippen molar-refractivity contribution in [2.24, 2.45) is 10.8 Å². The van der Waals surface area contributed by atoms with Crippen LogP contribution in [0, 0.1) is 10.8 Å². The topological polar surface area (TPSA) is 82.1 Å². The first-order chi connectivity index (χ1) is 18.0. The van der Waals surface area contributed by atoms with Gasteiger partial charge in [-0.25, -0.2) is 4.79 Å². The molecule has 4 aromatic rings. The zero-order valence-corrected chi connectivity index (χ0v) is 22.4. The third-order valence-corrected chi connectivity index (χ3v) is 6.98. The molecule has 38 heavy (non-hydrogen) atoms. The van der Waals surface area contributed by atoms with Gasteiger partial charge >= 0.3 is 5.97 Å². The summed E-state index contributed by atoms with van der Waals surface area (Å²) in [5, 5.41) is 14.7. The maximum Gasteiger partial charge on any atom is 0.338 e. The first kappa shape index (κ1) is 25.7. The molecule has 1 aliphatic heterocycles. The monoisotopic (exact) mass is 512 g/mol. The van der Waals surface area contributed by atoms with Gasteiger partial charge in [0.05, 0.1) is 17.6 Å². The highest BCUT2D eigenvalue weighted by atomic mass is 16.7. The van der Waals surface area contributed by atoms with E-state index in [-0.39, 0.29) is 30.5 Å². The average Bonchev–Trinajstić information content (AvgIpc) is 2.89. The fourth-order valence-electron chi connectivity index (χ4n) is 5.36. The van der Waals surface area contributed by atoms with Crippen molar-refractivity contribution in [3.8, 4) is 22.6 Å². The minimum Gasteiger partial charge on any atom is -0.507 e. The van der Waals surface area contributed by atoms with Crippen LogP contribution in [0.3, 0.4) is 0 Å². The van der Waals surface area contributed by atoms with Crippen LogP contribution in [0.25, 0.3) is 32.7 Å². The van der Waals surface area contributed by atoms with Crippen molar-refractivity contribution >= 4 is 33.3 Å². The lowest BCUT2D eigenvalue weighted by molar-refractivity contribution is -0.137. The molecule has 0 amide bonds. The highest BCUT2D eigenvalue weighted by Crippen LogP contribution is 2.48. The van der Waals surface area contributed by atoms with Gasteiger partial charge in [-0.15, -0.1) is 0 Å². The minimum absolute atomic E-state index is 0.00515. The molecule has 0 unspecified atom stereocenters. The highest BCUT2D eigenvalue weighted by Gasteiger charge is 2.37. The second-order valence-electron chi connectivity index (χ2n) is 11.5. The quantitative estimate of drug-likeness (QED) is 0.289. The molecule has 6 heteroatoms. The Labute approximate surface area is 222 Å². The number of benzene rings is 4. The van der Waals surface area contributed by atoms with Gasteiger partial charge < -0.3 is 19.3 Å². The molecule has 0 atom stereocenters. The summed E-state index contributed by atoms with van der Waals surface area (Å²) in [6.45, 7) is 9.56. The van der Waals surface area contributed by atoms with Gasteiger partial charge in [0.25, 0.3) is 0 Å². The number of esters is 1. The summed E-state index contributed by atoms with van der Waals surface area (Å²) in [7, 11) is 0. The Balaban J connectivity index is 1.63. The summed E-state index contributed by atoms with van der Waals surface area (Å²) in [4.78, 5) is 26.2. The SMILES string of the molecule is CC(C)(C)C(=O)C(C)(C)COC(=O)c1cc(O)c(-c2c3c(cc4ccccc24)COCO3)c2ccccc12. The molecular weight excluding hydrogens is 480 g/mol. The van der Waals surface area contributed by atoms with Crippen LogP contribution >= 0.6 is 0 Å². The number of ketones is 1. The predicted octanol–water partition coefficient (Wildman–Crippen LogP) is 7.03. The summed E-state index contributed by atoms with van der Waals surface area (Å²) < 4.78 is 17.2.